The van der Waals surface area contributed by atoms with Crippen LogP contribution in [0.4, 0.5) is 0 Å². The van der Waals surface area contributed by atoms with E-state index in [4.69, 9.17) is 5.73 Å². The second kappa shape index (κ2) is 4.45. The van der Waals surface area contributed by atoms with Gasteiger partial charge in [-0.25, -0.2) is 0 Å². The Morgan fingerprint density at radius 1 is 1.53 bits per heavy atom. The summed E-state index contributed by atoms with van der Waals surface area (Å²) in [5, 5.41) is 0. The van der Waals surface area contributed by atoms with Crippen LogP contribution in [0, 0.1) is 0 Å². The van der Waals surface area contributed by atoms with Gasteiger partial charge in [0.25, 0.3) is 0 Å². The van der Waals surface area contributed by atoms with Crippen molar-refractivity contribution in [3.05, 3.63) is 35.4 Å². The highest BCUT2D eigenvalue weighted by molar-refractivity contribution is 7.85. The standard InChI is InChI=1S/C12H17NOS/c1-9(13)7-15(14)8-11-6-10-4-2-3-5-12(10)11/h2-5,9,11H,6-8,13H2,1H3. The van der Waals surface area contributed by atoms with E-state index >= 15 is 0 Å². The maximum Gasteiger partial charge on any atom is 0.0384 e. The highest BCUT2D eigenvalue weighted by Gasteiger charge is 2.26. The summed E-state index contributed by atoms with van der Waals surface area (Å²) in [5.41, 5.74) is 8.43. The SMILES string of the molecule is CC(N)CS(=O)CC1Cc2ccccc21. The third-order valence-electron chi connectivity index (χ3n) is 2.80. The van der Waals surface area contributed by atoms with Crippen molar-refractivity contribution >= 4 is 10.8 Å². The minimum atomic E-state index is -0.761. The number of rotatable bonds is 4. The molecule has 3 unspecified atom stereocenters. The summed E-state index contributed by atoms with van der Waals surface area (Å²) in [6.45, 7) is 1.91. The van der Waals surface area contributed by atoms with Gasteiger partial charge in [-0.05, 0) is 30.4 Å². The first-order valence-electron chi connectivity index (χ1n) is 5.35. The van der Waals surface area contributed by atoms with Crippen molar-refractivity contribution in [2.24, 2.45) is 5.73 Å². The van der Waals surface area contributed by atoms with Crippen LogP contribution in [0.5, 0.6) is 0 Å². The van der Waals surface area contributed by atoms with Crippen LogP contribution >= 0.6 is 0 Å². The van der Waals surface area contributed by atoms with Crippen molar-refractivity contribution in [2.45, 2.75) is 25.3 Å². The van der Waals surface area contributed by atoms with Crippen LogP contribution in [0.2, 0.25) is 0 Å². The molecule has 82 valence electrons. The van der Waals surface area contributed by atoms with Crippen LogP contribution in [0.25, 0.3) is 0 Å². The molecule has 0 amide bonds. The zero-order chi connectivity index (χ0) is 10.8. The molecule has 0 saturated heterocycles. The van der Waals surface area contributed by atoms with E-state index in [1.807, 2.05) is 6.92 Å². The quantitative estimate of drug-likeness (QED) is 0.839. The molecule has 0 saturated carbocycles. The zero-order valence-corrected chi connectivity index (χ0v) is 9.80. The Labute approximate surface area is 93.3 Å². The van der Waals surface area contributed by atoms with Crippen LogP contribution in [-0.4, -0.2) is 21.8 Å². The normalized spacial score (nSPS) is 22.7. The summed E-state index contributed by atoms with van der Waals surface area (Å²) < 4.78 is 11.7. The largest absolute Gasteiger partial charge is 0.327 e. The Hall–Kier alpha value is -0.670. The van der Waals surface area contributed by atoms with Gasteiger partial charge in [0, 0.05) is 28.3 Å². The monoisotopic (exact) mass is 223 g/mol. The molecule has 1 aliphatic carbocycles. The molecule has 0 aromatic heterocycles. The van der Waals surface area contributed by atoms with Gasteiger partial charge in [-0.2, -0.15) is 0 Å². The molecule has 0 heterocycles. The van der Waals surface area contributed by atoms with Gasteiger partial charge < -0.3 is 5.73 Å². The van der Waals surface area contributed by atoms with E-state index in [0.29, 0.717) is 11.7 Å². The van der Waals surface area contributed by atoms with Gasteiger partial charge in [0.2, 0.25) is 0 Å². The average Bonchev–Trinajstić information content (AvgIpc) is 2.13. The molecule has 1 aromatic carbocycles. The Morgan fingerprint density at radius 2 is 2.27 bits per heavy atom. The number of benzene rings is 1. The molecular formula is C12H17NOS. The summed E-state index contributed by atoms with van der Waals surface area (Å²) in [4.78, 5) is 0. The molecule has 3 heteroatoms. The highest BCUT2D eigenvalue weighted by atomic mass is 32.2. The minimum Gasteiger partial charge on any atom is -0.327 e. The zero-order valence-electron chi connectivity index (χ0n) is 8.98. The van der Waals surface area contributed by atoms with Gasteiger partial charge in [-0.3, -0.25) is 4.21 Å². The van der Waals surface area contributed by atoms with Gasteiger partial charge in [0.15, 0.2) is 0 Å². The fraction of sp³-hybridized carbons (Fsp3) is 0.500. The van der Waals surface area contributed by atoms with Crippen molar-refractivity contribution in [3.8, 4) is 0 Å². The van der Waals surface area contributed by atoms with Gasteiger partial charge in [0.05, 0.1) is 0 Å². The van der Waals surface area contributed by atoms with Crippen LogP contribution in [-0.2, 0) is 17.2 Å². The van der Waals surface area contributed by atoms with Crippen LogP contribution in [0.1, 0.15) is 24.0 Å². The molecule has 2 nitrogen and oxygen atoms in total. The third kappa shape index (κ3) is 2.47. The van der Waals surface area contributed by atoms with Crippen molar-refractivity contribution in [1.29, 1.82) is 0 Å². The highest BCUT2D eigenvalue weighted by Crippen LogP contribution is 2.35. The number of nitrogens with two attached hydrogens (primary N) is 1. The fourth-order valence-corrected chi connectivity index (χ4v) is 3.57. The molecule has 15 heavy (non-hydrogen) atoms. The summed E-state index contributed by atoms with van der Waals surface area (Å²) >= 11 is 0. The van der Waals surface area contributed by atoms with E-state index < -0.39 is 10.8 Å². The lowest BCUT2D eigenvalue weighted by molar-refractivity contribution is 0.640. The summed E-state index contributed by atoms with van der Waals surface area (Å²) in [5.74, 6) is 1.90. The Kier molecular flexibility index (Phi) is 3.22. The van der Waals surface area contributed by atoms with Gasteiger partial charge in [0.1, 0.15) is 0 Å². The number of hydrogen-bond donors (Lipinski definition) is 1. The van der Waals surface area contributed by atoms with Crippen LogP contribution in [0.3, 0.4) is 0 Å². The second-order valence-corrected chi connectivity index (χ2v) is 5.90. The molecule has 1 aliphatic rings. The van der Waals surface area contributed by atoms with Crippen molar-refractivity contribution in [2.75, 3.05) is 11.5 Å². The Morgan fingerprint density at radius 3 is 2.93 bits per heavy atom. The lowest BCUT2D eigenvalue weighted by Gasteiger charge is -2.29. The average molecular weight is 223 g/mol. The van der Waals surface area contributed by atoms with Crippen molar-refractivity contribution in [1.82, 2.24) is 0 Å². The molecule has 0 radical (unpaired) electrons. The Bertz CT molecular complexity index is 376. The lowest BCUT2D eigenvalue weighted by Crippen LogP contribution is -2.28. The van der Waals surface area contributed by atoms with Gasteiger partial charge in [-0.15, -0.1) is 0 Å². The fourth-order valence-electron chi connectivity index (χ4n) is 2.10. The van der Waals surface area contributed by atoms with E-state index in [9.17, 15) is 4.21 Å². The smallest absolute Gasteiger partial charge is 0.0384 e. The Balaban J connectivity index is 1.92. The van der Waals surface area contributed by atoms with E-state index in [-0.39, 0.29) is 6.04 Å². The van der Waals surface area contributed by atoms with Crippen molar-refractivity contribution in [3.63, 3.8) is 0 Å². The molecule has 0 bridgehead atoms. The first-order chi connectivity index (χ1) is 7.16. The maximum atomic E-state index is 11.7. The predicted molar refractivity (Wildman–Crippen MR) is 64.4 cm³/mol. The molecule has 2 N–H and O–H groups in total. The second-order valence-electron chi connectivity index (χ2n) is 4.35. The third-order valence-corrected chi connectivity index (χ3v) is 4.47. The molecule has 0 spiro atoms. The topological polar surface area (TPSA) is 43.1 Å². The lowest BCUT2D eigenvalue weighted by atomic mass is 9.79. The van der Waals surface area contributed by atoms with E-state index in [1.54, 1.807) is 0 Å². The van der Waals surface area contributed by atoms with E-state index in [0.717, 1.165) is 12.2 Å². The molecule has 0 aliphatic heterocycles. The summed E-state index contributed by atoms with van der Waals surface area (Å²) in [6.07, 6.45) is 1.08. The summed E-state index contributed by atoms with van der Waals surface area (Å²) in [6, 6.07) is 8.46. The molecule has 0 fully saturated rings. The first-order valence-corrected chi connectivity index (χ1v) is 6.84. The van der Waals surface area contributed by atoms with Crippen molar-refractivity contribution < 1.29 is 4.21 Å². The number of fused-ring (bicyclic) bond motifs is 1. The van der Waals surface area contributed by atoms with E-state index in [2.05, 4.69) is 24.3 Å². The van der Waals surface area contributed by atoms with Crippen LogP contribution < -0.4 is 5.73 Å². The summed E-state index contributed by atoms with van der Waals surface area (Å²) in [7, 11) is -0.761. The van der Waals surface area contributed by atoms with Crippen LogP contribution in [0.15, 0.2) is 24.3 Å². The molecule has 1 aromatic rings. The molecular weight excluding hydrogens is 206 g/mol. The number of hydrogen-bond acceptors (Lipinski definition) is 2. The predicted octanol–water partition coefficient (Wildman–Crippen LogP) is 1.42. The minimum absolute atomic E-state index is 0.0427. The van der Waals surface area contributed by atoms with Gasteiger partial charge >= 0.3 is 0 Å². The van der Waals surface area contributed by atoms with Gasteiger partial charge in [-0.1, -0.05) is 24.3 Å². The first kappa shape index (κ1) is 10.8. The van der Waals surface area contributed by atoms with E-state index in [1.165, 1.54) is 11.1 Å². The maximum absolute atomic E-state index is 11.7. The molecule has 3 atom stereocenters. The molecule has 2 rings (SSSR count).